The quantitative estimate of drug-likeness (QED) is 0.531. The predicted molar refractivity (Wildman–Crippen MR) is 57.4 cm³/mol. The molecule has 2 aliphatic rings. The lowest BCUT2D eigenvalue weighted by atomic mass is 10.1. The average molecular weight is 224 g/mol. The summed E-state index contributed by atoms with van der Waals surface area (Å²) in [5, 5.41) is 0. The molecule has 0 aromatic carbocycles. The van der Waals surface area contributed by atoms with Gasteiger partial charge < -0.3 is 14.2 Å². The topological polar surface area (TPSA) is 44.8 Å². The molecule has 0 aromatic heterocycles. The molecule has 4 heteroatoms. The van der Waals surface area contributed by atoms with Crippen LogP contribution < -0.4 is 0 Å². The van der Waals surface area contributed by atoms with Crippen LogP contribution in [0.4, 0.5) is 0 Å². The number of ether oxygens (including phenoxy) is 3. The van der Waals surface area contributed by atoms with E-state index in [4.69, 9.17) is 14.2 Å². The van der Waals surface area contributed by atoms with E-state index in [1.807, 2.05) is 19.9 Å². The second-order valence-corrected chi connectivity index (χ2v) is 4.51. The summed E-state index contributed by atoms with van der Waals surface area (Å²) >= 11 is 0. The Balaban J connectivity index is 2.08. The molecule has 1 aliphatic carbocycles. The summed E-state index contributed by atoms with van der Waals surface area (Å²) in [6.07, 6.45) is 2.57. The number of fused-ring (bicyclic) bond motifs is 1. The highest BCUT2D eigenvalue weighted by atomic mass is 16.8. The van der Waals surface area contributed by atoms with E-state index < -0.39 is 5.79 Å². The summed E-state index contributed by atoms with van der Waals surface area (Å²) in [7, 11) is 0. The first-order chi connectivity index (χ1) is 7.39. The first-order valence-corrected chi connectivity index (χ1v) is 5.32. The van der Waals surface area contributed by atoms with Gasteiger partial charge in [-0.2, -0.15) is 0 Å². The van der Waals surface area contributed by atoms with Crippen molar-refractivity contribution in [2.24, 2.45) is 0 Å². The molecule has 4 nitrogen and oxygen atoms in total. The highest BCUT2D eigenvalue weighted by Gasteiger charge is 2.46. The highest BCUT2D eigenvalue weighted by molar-refractivity contribution is 5.68. The number of hydrogen-bond donors (Lipinski definition) is 0. The van der Waals surface area contributed by atoms with E-state index in [1.54, 1.807) is 0 Å². The Morgan fingerprint density at radius 2 is 2.25 bits per heavy atom. The van der Waals surface area contributed by atoms with Gasteiger partial charge in [0.1, 0.15) is 11.9 Å². The van der Waals surface area contributed by atoms with E-state index in [-0.39, 0.29) is 18.2 Å². The molecule has 1 saturated heterocycles. The summed E-state index contributed by atoms with van der Waals surface area (Å²) in [5.74, 6) is -0.584. The third-order valence-corrected chi connectivity index (χ3v) is 2.65. The lowest BCUT2D eigenvalue weighted by Gasteiger charge is -2.18. The summed E-state index contributed by atoms with van der Waals surface area (Å²) in [6, 6.07) is 0. The van der Waals surface area contributed by atoms with Crippen LogP contribution in [-0.4, -0.2) is 24.0 Å². The van der Waals surface area contributed by atoms with Crippen LogP contribution >= 0.6 is 0 Å². The summed E-state index contributed by atoms with van der Waals surface area (Å²) in [5.41, 5.74) is 0.825. The fourth-order valence-corrected chi connectivity index (χ4v) is 2.14. The van der Waals surface area contributed by atoms with Crippen molar-refractivity contribution in [2.45, 2.75) is 45.2 Å². The zero-order valence-electron chi connectivity index (χ0n) is 9.78. The number of carbonyl (C=O) groups is 1. The molecule has 16 heavy (non-hydrogen) atoms. The highest BCUT2D eigenvalue weighted by Crippen LogP contribution is 2.40. The molecule has 0 spiro atoms. The van der Waals surface area contributed by atoms with Crippen LogP contribution in [0, 0.1) is 0 Å². The van der Waals surface area contributed by atoms with Crippen molar-refractivity contribution in [3.8, 4) is 0 Å². The maximum absolute atomic E-state index is 10.8. The SMILES string of the molecule is C=C(OC(C)=O)C1=CCC2OC(C)(C)OC12. The summed E-state index contributed by atoms with van der Waals surface area (Å²) in [6.45, 7) is 8.84. The van der Waals surface area contributed by atoms with E-state index in [0.717, 1.165) is 12.0 Å². The van der Waals surface area contributed by atoms with E-state index >= 15 is 0 Å². The van der Waals surface area contributed by atoms with Gasteiger partial charge in [0.15, 0.2) is 5.79 Å². The van der Waals surface area contributed by atoms with Crippen LogP contribution in [0.15, 0.2) is 24.0 Å². The molecule has 0 bridgehead atoms. The average Bonchev–Trinajstić information content (AvgIpc) is 2.57. The van der Waals surface area contributed by atoms with Gasteiger partial charge in [-0.3, -0.25) is 4.79 Å². The molecule has 88 valence electrons. The largest absolute Gasteiger partial charge is 0.427 e. The number of hydrogen-bond acceptors (Lipinski definition) is 4. The van der Waals surface area contributed by atoms with Crippen LogP contribution in [-0.2, 0) is 19.0 Å². The Morgan fingerprint density at radius 1 is 1.56 bits per heavy atom. The summed E-state index contributed by atoms with van der Waals surface area (Å²) < 4.78 is 16.4. The molecule has 2 rings (SSSR count). The van der Waals surface area contributed by atoms with E-state index in [2.05, 4.69) is 6.58 Å². The molecule has 1 heterocycles. The molecule has 0 aromatic rings. The molecule has 0 saturated carbocycles. The minimum Gasteiger partial charge on any atom is -0.427 e. The van der Waals surface area contributed by atoms with Gasteiger partial charge in [0.05, 0.1) is 6.10 Å². The molecule has 0 amide bonds. The van der Waals surface area contributed by atoms with Crippen molar-refractivity contribution in [3.05, 3.63) is 24.0 Å². The van der Waals surface area contributed by atoms with Crippen LogP contribution in [0.2, 0.25) is 0 Å². The fraction of sp³-hybridized carbons (Fsp3) is 0.583. The van der Waals surface area contributed by atoms with Gasteiger partial charge in [-0.15, -0.1) is 0 Å². The third-order valence-electron chi connectivity index (χ3n) is 2.65. The van der Waals surface area contributed by atoms with Crippen LogP contribution in [0.5, 0.6) is 0 Å². The second kappa shape index (κ2) is 3.71. The van der Waals surface area contributed by atoms with Gasteiger partial charge in [0.2, 0.25) is 0 Å². The van der Waals surface area contributed by atoms with E-state index in [1.165, 1.54) is 6.92 Å². The molecule has 1 fully saturated rings. The smallest absolute Gasteiger partial charge is 0.308 e. The number of carbonyl (C=O) groups excluding carboxylic acids is 1. The zero-order valence-corrected chi connectivity index (χ0v) is 9.78. The Kier molecular flexibility index (Phi) is 2.64. The van der Waals surface area contributed by atoms with Gasteiger partial charge in [-0.25, -0.2) is 0 Å². The number of rotatable bonds is 2. The minimum atomic E-state index is -0.578. The lowest BCUT2D eigenvalue weighted by Crippen LogP contribution is -2.23. The van der Waals surface area contributed by atoms with Crippen molar-refractivity contribution in [1.82, 2.24) is 0 Å². The molecular weight excluding hydrogens is 208 g/mol. The summed E-state index contributed by atoms with van der Waals surface area (Å²) in [4.78, 5) is 10.8. The van der Waals surface area contributed by atoms with Gasteiger partial charge in [0.25, 0.3) is 0 Å². The minimum absolute atomic E-state index is 0.0114. The van der Waals surface area contributed by atoms with Crippen LogP contribution in [0.3, 0.4) is 0 Å². The first kappa shape index (κ1) is 11.4. The maximum atomic E-state index is 10.8. The van der Waals surface area contributed by atoms with Crippen molar-refractivity contribution in [1.29, 1.82) is 0 Å². The van der Waals surface area contributed by atoms with Gasteiger partial charge >= 0.3 is 5.97 Å². The van der Waals surface area contributed by atoms with Gasteiger partial charge in [-0.05, 0) is 20.3 Å². The maximum Gasteiger partial charge on any atom is 0.308 e. The van der Waals surface area contributed by atoms with Crippen molar-refractivity contribution >= 4 is 5.97 Å². The van der Waals surface area contributed by atoms with Crippen molar-refractivity contribution in [3.63, 3.8) is 0 Å². The molecule has 2 unspecified atom stereocenters. The zero-order chi connectivity index (χ0) is 11.9. The molecule has 0 radical (unpaired) electrons. The Morgan fingerprint density at radius 3 is 2.88 bits per heavy atom. The van der Waals surface area contributed by atoms with E-state index in [0.29, 0.717) is 5.76 Å². The Labute approximate surface area is 94.9 Å². The predicted octanol–water partition coefficient (Wildman–Crippen LogP) is 1.91. The Bertz CT molecular complexity index is 367. The van der Waals surface area contributed by atoms with E-state index in [9.17, 15) is 4.79 Å². The fourth-order valence-electron chi connectivity index (χ4n) is 2.14. The van der Waals surface area contributed by atoms with Crippen molar-refractivity contribution < 1.29 is 19.0 Å². The first-order valence-electron chi connectivity index (χ1n) is 5.32. The number of esters is 1. The van der Waals surface area contributed by atoms with Crippen LogP contribution in [0.1, 0.15) is 27.2 Å². The normalized spacial score (nSPS) is 30.8. The second-order valence-electron chi connectivity index (χ2n) is 4.51. The van der Waals surface area contributed by atoms with Gasteiger partial charge in [0, 0.05) is 12.5 Å². The monoisotopic (exact) mass is 224 g/mol. The molecular formula is C12H16O4. The van der Waals surface area contributed by atoms with Gasteiger partial charge in [-0.1, -0.05) is 12.7 Å². The molecule has 0 N–H and O–H groups in total. The molecule has 2 atom stereocenters. The lowest BCUT2D eigenvalue weighted by molar-refractivity contribution is -0.145. The third kappa shape index (κ3) is 2.03. The van der Waals surface area contributed by atoms with Crippen LogP contribution in [0.25, 0.3) is 0 Å². The molecule has 1 aliphatic heterocycles. The standard InChI is InChI=1S/C12H16O4/c1-7(14-8(2)13)9-5-6-10-11(9)16-12(3,4)15-10/h5,10-11H,1,6H2,2-4H3. The Hall–Kier alpha value is -1.13. The van der Waals surface area contributed by atoms with Crippen molar-refractivity contribution in [2.75, 3.05) is 0 Å².